The fourth-order valence-electron chi connectivity index (χ4n) is 2.60. The summed E-state index contributed by atoms with van der Waals surface area (Å²) in [6.45, 7) is 2.96. The molecule has 2 nitrogen and oxygen atoms in total. The lowest BCUT2D eigenvalue weighted by atomic mass is 10.1. The van der Waals surface area contributed by atoms with Crippen molar-refractivity contribution in [2.24, 2.45) is 0 Å². The molecule has 0 saturated carbocycles. The van der Waals surface area contributed by atoms with E-state index in [0.29, 0.717) is 5.88 Å². The summed E-state index contributed by atoms with van der Waals surface area (Å²) < 4.78 is 3.49. The summed E-state index contributed by atoms with van der Waals surface area (Å²) >= 11 is 8.26. The first-order chi connectivity index (χ1) is 10.2. The molecule has 0 aliphatic rings. The molecule has 4 heteroatoms. The van der Waals surface area contributed by atoms with E-state index < -0.39 is 0 Å². The van der Waals surface area contributed by atoms with Gasteiger partial charge in [-0.1, -0.05) is 29.8 Å². The fraction of sp³-hybridized carbons (Fsp3) is 0.235. The highest BCUT2D eigenvalue weighted by molar-refractivity contribution is 14.1. The number of halogens is 2. The highest BCUT2D eigenvalue weighted by atomic mass is 127. The molecule has 0 radical (unpaired) electrons. The Morgan fingerprint density at radius 1 is 1.19 bits per heavy atom. The molecule has 0 bridgehead atoms. The van der Waals surface area contributed by atoms with Gasteiger partial charge >= 0.3 is 0 Å². The molecular weight excluding hydrogens is 395 g/mol. The predicted octanol–water partition coefficient (Wildman–Crippen LogP) is 4.78. The zero-order chi connectivity index (χ0) is 14.8. The van der Waals surface area contributed by atoms with Crippen LogP contribution in [0.4, 0.5) is 0 Å². The van der Waals surface area contributed by atoms with Crippen LogP contribution in [0, 0.1) is 10.5 Å². The van der Waals surface area contributed by atoms with Crippen molar-refractivity contribution < 1.29 is 0 Å². The Labute approximate surface area is 143 Å². The van der Waals surface area contributed by atoms with Crippen LogP contribution in [0.15, 0.2) is 42.5 Å². The first kappa shape index (κ1) is 14.9. The smallest absolute Gasteiger partial charge is 0.111 e. The van der Waals surface area contributed by atoms with E-state index >= 15 is 0 Å². The lowest BCUT2D eigenvalue weighted by Gasteiger charge is -2.09. The monoisotopic (exact) mass is 410 g/mol. The van der Waals surface area contributed by atoms with E-state index in [4.69, 9.17) is 16.6 Å². The standard InChI is InChI=1S/C17H16ClIN2/c1-12-3-2-4-13(9-12)11-21-16-6-5-14(19)10-15(16)20-17(21)7-8-18/h2-6,9-10H,7-8,11H2,1H3. The summed E-state index contributed by atoms with van der Waals surface area (Å²) in [5.74, 6) is 1.65. The SMILES string of the molecule is Cc1cccc(Cn2c(CCCl)nc3cc(I)ccc32)c1. The molecule has 2 aromatic carbocycles. The maximum absolute atomic E-state index is 5.94. The molecular formula is C17H16ClIN2. The van der Waals surface area contributed by atoms with Crippen LogP contribution in [0.5, 0.6) is 0 Å². The third-order valence-corrected chi connectivity index (χ3v) is 4.39. The van der Waals surface area contributed by atoms with Gasteiger partial charge in [-0.05, 0) is 53.3 Å². The zero-order valence-electron chi connectivity index (χ0n) is 11.8. The van der Waals surface area contributed by atoms with E-state index in [2.05, 4.69) is 76.5 Å². The zero-order valence-corrected chi connectivity index (χ0v) is 14.7. The molecule has 108 valence electrons. The number of nitrogens with zero attached hydrogens (tertiary/aromatic N) is 2. The van der Waals surface area contributed by atoms with E-state index in [1.807, 2.05) is 0 Å². The number of imidazole rings is 1. The summed E-state index contributed by atoms with van der Waals surface area (Å²) in [5.41, 5.74) is 4.81. The minimum Gasteiger partial charge on any atom is -0.323 e. The van der Waals surface area contributed by atoms with Crippen molar-refractivity contribution in [1.29, 1.82) is 0 Å². The molecule has 3 rings (SSSR count). The summed E-state index contributed by atoms with van der Waals surface area (Å²) in [7, 11) is 0. The lowest BCUT2D eigenvalue weighted by molar-refractivity contribution is 0.754. The second-order valence-electron chi connectivity index (χ2n) is 5.18. The number of rotatable bonds is 4. The number of hydrogen-bond acceptors (Lipinski definition) is 1. The number of aromatic nitrogens is 2. The number of hydrogen-bond donors (Lipinski definition) is 0. The first-order valence-electron chi connectivity index (χ1n) is 6.93. The Morgan fingerprint density at radius 3 is 2.81 bits per heavy atom. The molecule has 0 atom stereocenters. The Hall–Kier alpha value is -1.07. The molecule has 0 aliphatic carbocycles. The van der Waals surface area contributed by atoms with Crippen LogP contribution in [0.3, 0.4) is 0 Å². The first-order valence-corrected chi connectivity index (χ1v) is 8.55. The fourth-order valence-corrected chi connectivity index (χ4v) is 3.24. The van der Waals surface area contributed by atoms with E-state index in [9.17, 15) is 0 Å². The van der Waals surface area contributed by atoms with Gasteiger partial charge in [-0.15, -0.1) is 11.6 Å². The maximum Gasteiger partial charge on any atom is 0.111 e. The summed E-state index contributed by atoms with van der Waals surface area (Å²) in [6, 6.07) is 15.0. The molecule has 1 aromatic heterocycles. The van der Waals surface area contributed by atoms with Crippen molar-refractivity contribution in [2.45, 2.75) is 19.9 Å². The molecule has 3 aromatic rings. The summed E-state index contributed by atoms with van der Waals surface area (Å²) in [6.07, 6.45) is 0.790. The number of aryl methyl sites for hydroxylation is 2. The topological polar surface area (TPSA) is 17.8 Å². The van der Waals surface area contributed by atoms with Crippen molar-refractivity contribution in [3.05, 3.63) is 63.0 Å². The van der Waals surface area contributed by atoms with Gasteiger partial charge in [0.1, 0.15) is 5.82 Å². The van der Waals surface area contributed by atoms with Gasteiger partial charge in [0.2, 0.25) is 0 Å². The molecule has 0 saturated heterocycles. The highest BCUT2D eigenvalue weighted by Gasteiger charge is 2.11. The van der Waals surface area contributed by atoms with Crippen LogP contribution < -0.4 is 0 Å². The van der Waals surface area contributed by atoms with Gasteiger partial charge in [0.05, 0.1) is 11.0 Å². The average Bonchev–Trinajstić information content (AvgIpc) is 2.76. The van der Waals surface area contributed by atoms with E-state index in [-0.39, 0.29) is 0 Å². The van der Waals surface area contributed by atoms with Crippen LogP contribution in [0.1, 0.15) is 17.0 Å². The Morgan fingerprint density at radius 2 is 2.05 bits per heavy atom. The van der Waals surface area contributed by atoms with Gasteiger partial charge in [-0.3, -0.25) is 0 Å². The van der Waals surface area contributed by atoms with Gasteiger partial charge in [0, 0.05) is 22.4 Å². The number of benzene rings is 2. The summed E-state index contributed by atoms with van der Waals surface area (Å²) in [5, 5.41) is 0. The molecule has 1 heterocycles. The van der Waals surface area contributed by atoms with Crippen LogP contribution in [0.2, 0.25) is 0 Å². The summed E-state index contributed by atoms with van der Waals surface area (Å²) in [4.78, 5) is 4.76. The van der Waals surface area contributed by atoms with E-state index in [0.717, 1.165) is 24.3 Å². The Bertz CT molecular complexity index is 780. The van der Waals surface area contributed by atoms with E-state index in [1.54, 1.807) is 0 Å². The third-order valence-electron chi connectivity index (χ3n) is 3.53. The minimum atomic E-state index is 0.591. The van der Waals surface area contributed by atoms with E-state index in [1.165, 1.54) is 20.2 Å². The number of fused-ring (bicyclic) bond motifs is 1. The minimum absolute atomic E-state index is 0.591. The van der Waals surface area contributed by atoms with Gasteiger partial charge in [0.15, 0.2) is 0 Å². The Kier molecular flexibility index (Phi) is 4.50. The second-order valence-corrected chi connectivity index (χ2v) is 6.80. The van der Waals surface area contributed by atoms with Crippen molar-refractivity contribution in [1.82, 2.24) is 9.55 Å². The maximum atomic E-state index is 5.94. The Balaban J connectivity index is 2.08. The quantitative estimate of drug-likeness (QED) is 0.447. The molecule has 0 N–H and O–H groups in total. The number of alkyl halides is 1. The molecule has 0 unspecified atom stereocenters. The van der Waals surface area contributed by atoms with Crippen molar-refractivity contribution in [2.75, 3.05) is 5.88 Å². The lowest BCUT2D eigenvalue weighted by Crippen LogP contribution is -2.06. The average molecular weight is 411 g/mol. The highest BCUT2D eigenvalue weighted by Crippen LogP contribution is 2.21. The van der Waals surface area contributed by atoms with Gasteiger partial charge < -0.3 is 4.57 Å². The van der Waals surface area contributed by atoms with Gasteiger partial charge in [-0.2, -0.15) is 0 Å². The van der Waals surface area contributed by atoms with Gasteiger partial charge in [-0.25, -0.2) is 4.98 Å². The van der Waals surface area contributed by atoms with Crippen molar-refractivity contribution in [3.63, 3.8) is 0 Å². The van der Waals surface area contributed by atoms with Crippen LogP contribution in [-0.4, -0.2) is 15.4 Å². The van der Waals surface area contributed by atoms with Crippen LogP contribution in [0.25, 0.3) is 11.0 Å². The molecule has 0 amide bonds. The third kappa shape index (κ3) is 3.24. The van der Waals surface area contributed by atoms with Crippen LogP contribution >= 0.6 is 34.2 Å². The second kappa shape index (κ2) is 6.36. The molecule has 0 spiro atoms. The molecule has 21 heavy (non-hydrogen) atoms. The van der Waals surface area contributed by atoms with Crippen molar-refractivity contribution in [3.8, 4) is 0 Å². The molecule has 0 aliphatic heterocycles. The largest absolute Gasteiger partial charge is 0.323 e. The van der Waals surface area contributed by atoms with Crippen LogP contribution in [-0.2, 0) is 13.0 Å². The van der Waals surface area contributed by atoms with Crippen molar-refractivity contribution >= 4 is 45.2 Å². The predicted molar refractivity (Wildman–Crippen MR) is 97.2 cm³/mol. The normalized spacial score (nSPS) is 11.2. The molecule has 0 fully saturated rings. The van der Waals surface area contributed by atoms with Gasteiger partial charge in [0.25, 0.3) is 0 Å².